The fraction of sp³-hybridized carbons (Fsp3) is 0.406. The quantitative estimate of drug-likeness (QED) is 0.0663. The van der Waals surface area contributed by atoms with Gasteiger partial charge in [-0.2, -0.15) is 39.5 Å². The Labute approximate surface area is 320 Å². The van der Waals surface area contributed by atoms with Gasteiger partial charge in [-0.3, -0.25) is 14.9 Å². The monoisotopic (exact) mass is 915 g/mol. The van der Waals surface area contributed by atoms with Crippen molar-refractivity contribution in [1.82, 2.24) is 15.5 Å². The number of likely N-dealkylation sites (N-methyl/N-ethyl adjacent to an activating group) is 1. The van der Waals surface area contributed by atoms with Crippen LogP contribution in [0.15, 0.2) is 48.7 Å². The van der Waals surface area contributed by atoms with E-state index in [2.05, 4.69) is 74.6 Å². The summed E-state index contributed by atoms with van der Waals surface area (Å²) in [6, 6.07) is 13.8. The zero-order chi connectivity index (χ0) is 42.3. The molecule has 0 aliphatic carbocycles. The molecule has 55 heavy (non-hydrogen) atoms. The number of nitrogens with one attached hydrogen (secondary N) is 3. The molecular weight excluding hydrogens is 880 g/mol. The van der Waals surface area contributed by atoms with Crippen molar-refractivity contribution in [3.63, 3.8) is 0 Å². The molecule has 2 aliphatic rings. The van der Waals surface area contributed by atoms with Crippen LogP contribution in [0, 0.1) is 9.49 Å². The van der Waals surface area contributed by atoms with Gasteiger partial charge in [0, 0.05) is 58.5 Å². The molecular formula is C32H35F9IN5O8. The predicted octanol–water partition coefficient (Wildman–Crippen LogP) is 5.28. The van der Waals surface area contributed by atoms with Crippen LogP contribution in [0.3, 0.4) is 0 Å². The number of carboxylic acids is 3. The van der Waals surface area contributed by atoms with Crippen molar-refractivity contribution in [1.29, 1.82) is 0 Å². The second-order valence-electron chi connectivity index (χ2n) is 11.6. The number of halogens is 10. The normalized spacial score (nSPS) is 15.3. The Kier molecular flexibility index (Phi) is 18.9. The summed E-state index contributed by atoms with van der Waals surface area (Å²) in [5.41, 5.74) is 3.74. The second kappa shape index (κ2) is 21.4. The van der Waals surface area contributed by atoms with Gasteiger partial charge >= 0.3 is 36.4 Å². The number of rotatable bonds is 8. The third-order valence-corrected chi connectivity index (χ3v) is 7.79. The topological polar surface area (TPSA) is 189 Å². The molecule has 0 bridgehead atoms. The number of hydrogen-bond acceptors (Lipinski definition) is 9. The molecule has 1 fully saturated rings. The molecule has 0 unspecified atom stereocenters. The van der Waals surface area contributed by atoms with E-state index >= 15 is 0 Å². The van der Waals surface area contributed by atoms with Crippen LogP contribution < -0.4 is 20.9 Å². The number of benzene rings is 2. The highest BCUT2D eigenvalue weighted by Gasteiger charge is 2.39. The molecule has 0 aromatic heterocycles. The highest BCUT2D eigenvalue weighted by atomic mass is 127. The van der Waals surface area contributed by atoms with Crippen molar-refractivity contribution < 1.29 is 78.8 Å². The van der Waals surface area contributed by atoms with Gasteiger partial charge in [0.05, 0.1) is 5.57 Å². The van der Waals surface area contributed by atoms with Gasteiger partial charge in [0.1, 0.15) is 0 Å². The van der Waals surface area contributed by atoms with Crippen LogP contribution in [0.4, 0.5) is 50.9 Å². The largest absolute Gasteiger partial charge is 0.490 e. The number of fused-ring (bicyclic) bond motifs is 1. The van der Waals surface area contributed by atoms with E-state index in [4.69, 9.17) is 29.7 Å². The number of aliphatic carboxylic acids is 3. The first-order valence-corrected chi connectivity index (χ1v) is 16.5. The number of nitrogens with zero attached hydrogens (tertiary/aromatic N) is 2. The molecule has 2 aliphatic heterocycles. The Morgan fingerprint density at radius 2 is 1.29 bits per heavy atom. The van der Waals surface area contributed by atoms with E-state index in [1.807, 2.05) is 24.3 Å². The minimum atomic E-state index is -5.08. The van der Waals surface area contributed by atoms with Gasteiger partial charge in [0.2, 0.25) is 0 Å². The molecule has 306 valence electrons. The van der Waals surface area contributed by atoms with Crippen molar-refractivity contribution in [3.8, 4) is 0 Å². The van der Waals surface area contributed by atoms with Crippen LogP contribution >= 0.6 is 22.6 Å². The van der Waals surface area contributed by atoms with Gasteiger partial charge < -0.3 is 35.8 Å². The Bertz CT molecular complexity index is 1600. The maximum atomic E-state index is 12.4. The number of anilines is 2. The van der Waals surface area contributed by atoms with Crippen LogP contribution in [0.25, 0.3) is 5.57 Å². The van der Waals surface area contributed by atoms with Gasteiger partial charge in [-0.1, -0.05) is 0 Å². The first-order valence-electron chi connectivity index (χ1n) is 15.5. The summed E-state index contributed by atoms with van der Waals surface area (Å²) in [4.78, 5) is 55.9. The Balaban J connectivity index is 0.000000588. The van der Waals surface area contributed by atoms with Crippen molar-refractivity contribution in [2.75, 3.05) is 57.0 Å². The van der Waals surface area contributed by atoms with E-state index in [-0.39, 0.29) is 11.8 Å². The minimum absolute atomic E-state index is 0.356. The fourth-order valence-electron chi connectivity index (χ4n) is 4.37. The number of amides is 2. The van der Waals surface area contributed by atoms with Crippen LogP contribution in [-0.4, -0.2) is 115 Å². The Morgan fingerprint density at radius 3 is 1.73 bits per heavy atom. The summed E-state index contributed by atoms with van der Waals surface area (Å²) in [6.07, 6.45) is -11.2. The Morgan fingerprint density at radius 1 is 0.818 bits per heavy atom. The van der Waals surface area contributed by atoms with Crippen LogP contribution in [0.2, 0.25) is 0 Å². The SMILES string of the molecule is CN(C)CCNCC1CCN(c2ccc(N/C=C3\C(=O)NC(=O)c4ccc(I)cc43)cc2)CC1.O=C(O)C(F)(F)F.O=C(O)C(F)(F)F.O=C(O)C(F)(F)F. The fourth-order valence-corrected chi connectivity index (χ4v) is 4.86. The lowest BCUT2D eigenvalue weighted by molar-refractivity contribution is -0.193. The van der Waals surface area contributed by atoms with Gasteiger partial charge in [0.15, 0.2) is 0 Å². The maximum Gasteiger partial charge on any atom is 0.490 e. The molecule has 13 nitrogen and oxygen atoms in total. The third-order valence-electron chi connectivity index (χ3n) is 7.11. The first kappa shape index (κ1) is 48.4. The standard InChI is InChI=1S/C26H32IN5O2.3C2HF3O2/c1-31(2)14-11-28-16-18-9-12-32(13-10-18)21-6-4-20(5-7-21)29-17-24-23-15-19(27)3-8-22(23)25(33)30-26(24)34;3*3-2(4,5)1(6)7/h3-8,15,17-18,28-29H,9-14,16H2,1-2H3,(H,30,33,34);3*(H,6,7)/b24-17-;;;. The Hall–Kier alpha value is -4.65. The smallest absolute Gasteiger partial charge is 0.475 e. The number of carbonyl (C=O) groups excluding carboxylic acids is 2. The van der Waals surface area contributed by atoms with E-state index in [1.54, 1.807) is 12.3 Å². The lowest BCUT2D eigenvalue weighted by atomic mass is 9.95. The molecule has 2 aromatic rings. The summed E-state index contributed by atoms with van der Waals surface area (Å²) in [6.45, 7) is 5.35. The van der Waals surface area contributed by atoms with Crippen LogP contribution in [0.5, 0.6) is 0 Å². The maximum absolute atomic E-state index is 12.4. The highest BCUT2D eigenvalue weighted by molar-refractivity contribution is 14.1. The lowest BCUT2D eigenvalue weighted by Gasteiger charge is -2.34. The van der Waals surface area contributed by atoms with E-state index in [0.717, 1.165) is 47.9 Å². The summed E-state index contributed by atoms with van der Waals surface area (Å²) in [5.74, 6) is -8.27. The van der Waals surface area contributed by atoms with Gasteiger partial charge in [0.25, 0.3) is 11.8 Å². The number of imide groups is 1. The molecule has 2 heterocycles. The summed E-state index contributed by atoms with van der Waals surface area (Å²) < 4.78 is 96.2. The molecule has 1 saturated heterocycles. The number of carboxylic acid groups (broad SMARTS) is 3. The molecule has 0 saturated carbocycles. The van der Waals surface area contributed by atoms with E-state index in [0.29, 0.717) is 16.7 Å². The first-order chi connectivity index (χ1) is 25.2. The highest BCUT2D eigenvalue weighted by Crippen LogP contribution is 2.28. The molecule has 0 spiro atoms. The van der Waals surface area contributed by atoms with Crippen LogP contribution in [0.1, 0.15) is 28.8 Å². The lowest BCUT2D eigenvalue weighted by Crippen LogP contribution is -2.38. The number of carbonyl (C=O) groups is 5. The zero-order valence-corrected chi connectivity index (χ0v) is 30.9. The second-order valence-corrected chi connectivity index (χ2v) is 12.8. The molecule has 4 rings (SSSR count). The zero-order valence-electron chi connectivity index (χ0n) is 28.7. The van der Waals surface area contributed by atoms with E-state index in [1.165, 1.54) is 18.5 Å². The van der Waals surface area contributed by atoms with Gasteiger partial charge in [-0.25, -0.2) is 14.4 Å². The van der Waals surface area contributed by atoms with E-state index < -0.39 is 36.4 Å². The molecule has 6 N–H and O–H groups in total. The van der Waals surface area contributed by atoms with Gasteiger partial charge in [-0.05, 0) is 104 Å². The van der Waals surface area contributed by atoms with Crippen molar-refractivity contribution >= 4 is 69.3 Å². The average Bonchev–Trinajstić information content (AvgIpc) is 3.06. The molecule has 0 radical (unpaired) electrons. The van der Waals surface area contributed by atoms with Crippen molar-refractivity contribution in [2.45, 2.75) is 31.4 Å². The number of alkyl halides is 9. The minimum Gasteiger partial charge on any atom is -0.475 e. The van der Waals surface area contributed by atoms with Crippen molar-refractivity contribution in [3.05, 3.63) is 63.4 Å². The number of piperidine rings is 1. The third kappa shape index (κ3) is 18.0. The van der Waals surface area contributed by atoms with E-state index in [9.17, 15) is 49.1 Å². The van der Waals surface area contributed by atoms with Crippen molar-refractivity contribution in [2.24, 2.45) is 5.92 Å². The summed E-state index contributed by atoms with van der Waals surface area (Å²) in [7, 11) is 4.21. The predicted molar refractivity (Wildman–Crippen MR) is 187 cm³/mol. The summed E-state index contributed by atoms with van der Waals surface area (Å²) >= 11 is 2.19. The number of hydrogen-bond donors (Lipinski definition) is 6. The molecule has 0 atom stereocenters. The van der Waals surface area contributed by atoms with Gasteiger partial charge in [-0.15, -0.1) is 0 Å². The molecule has 2 aromatic carbocycles. The molecule has 23 heteroatoms. The average molecular weight is 916 g/mol. The van der Waals surface area contributed by atoms with Crippen LogP contribution in [-0.2, 0) is 19.2 Å². The molecule has 2 amide bonds. The summed E-state index contributed by atoms with van der Waals surface area (Å²) in [5, 5.41) is 30.6.